The molecular formula is C23H31NO. The number of benzene rings is 1. The number of hydrogen-bond donors (Lipinski definition) is 0. The Morgan fingerprint density at radius 3 is 2.44 bits per heavy atom. The summed E-state index contributed by atoms with van der Waals surface area (Å²) >= 11 is 0. The van der Waals surface area contributed by atoms with E-state index in [0.717, 1.165) is 19.4 Å². The van der Waals surface area contributed by atoms with Gasteiger partial charge in [-0.1, -0.05) is 62.3 Å². The number of nitrogens with zero attached hydrogens (tertiary/aromatic N) is 1. The Bertz CT molecular complexity index is 571. The van der Waals surface area contributed by atoms with E-state index in [1.807, 2.05) is 18.2 Å². The fourth-order valence-electron chi connectivity index (χ4n) is 3.36. The Morgan fingerprint density at radius 1 is 1.04 bits per heavy atom. The van der Waals surface area contributed by atoms with Crippen molar-refractivity contribution in [1.29, 1.82) is 5.26 Å². The lowest BCUT2D eigenvalue weighted by Crippen LogP contribution is -2.20. The van der Waals surface area contributed by atoms with Gasteiger partial charge < -0.3 is 4.74 Å². The lowest BCUT2D eigenvalue weighted by atomic mass is 9.87. The molecule has 1 aromatic rings. The van der Waals surface area contributed by atoms with E-state index < -0.39 is 0 Å². The minimum Gasteiger partial charge on any atom is -0.374 e. The normalized spacial score (nSPS) is 21.0. The standard InChI is InChI=1S/C23H31NO/c1-2-3-5-8-20-10-12-22(13-11-20)19-25-23-16-14-21(15-17-23)9-6-4-7-18-24/h4,6-7,9-13,21,23H,2-3,5,8,14-17,19H2,1H3/b7-4+,9-6+/t21-,23-. The third kappa shape index (κ3) is 7.71. The third-order valence-electron chi connectivity index (χ3n) is 4.96. The van der Waals surface area contributed by atoms with Crippen LogP contribution in [0.25, 0.3) is 0 Å². The summed E-state index contributed by atoms with van der Waals surface area (Å²) in [4.78, 5) is 0. The number of aryl methyl sites for hydroxylation is 1. The lowest BCUT2D eigenvalue weighted by molar-refractivity contribution is 0.0110. The molecule has 0 saturated heterocycles. The van der Waals surface area contributed by atoms with E-state index in [1.165, 1.54) is 55.7 Å². The van der Waals surface area contributed by atoms with Gasteiger partial charge in [-0.05, 0) is 55.6 Å². The van der Waals surface area contributed by atoms with Crippen LogP contribution in [-0.2, 0) is 17.8 Å². The topological polar surface area (TPSA) is 33.0 Å². The molecule has 0 amide bonds. The third-order valence-corrected chi connectivity index (χ3v) is 4.96. The van der Waals surface area contributed by atoms with E-state index in [0.29, 0.717) is 12.0 Å². The van der Waals surface area contributed by atoms with Crippen LogP contribution in [0.15, 0.2) is 48.6 Å². The van der Waals surface area contributed by atoms with Crippen LogP contribution in [0.5, 0.6) is 0 Å². The Hall–Kier alpha value is -1.85. The SMILES string of the molecule is CCCCCc1ccc(CO[C@H]2CC[C@H](/C=C/C=C/C#N)CC2)cc1. The molecule has 1 aliphatic rings. The average Bonchev–Trinajstić information content (AvgIpc) is 2.66. The molecular weight excluding hydrogens is 306 g/mol. The molecule has 1 aromatic carbocycles. The summed E-state index contributed by atoms with van der Waals surface area (Å²) < 4.78 is 6.12. The zero-order valence-corrected chi connectivity index (χ0v) is 15.5. The van der Waals surface area contributed by atoms with Crippen molar-refractivity contribution in [2.75, 3.05) is 0 Å². The van der Waals surface area contributed by atoms with Gasteiger partial charge in [-0.2, -0.15) is 5.26 Å². The van der Waals surface area contributed by atoms with Crippen molar-refractivity contribution in [2.24, 2.45) is 5.92 Å². The molecule has 1 saturated carbocycles. The largest absolute Gasteiger partial charge is 0.374 e. The van der Waals surface area contributed by atoms with Crippen LogP contribution in [-0.4, -0.2) is 6.10 Å². The first-order valence-corrected chi connectivity index (χ1v) is 9.74. The predicted molar refractivity (Wildman–Crippen MR) is 104 cm³/mol. The number of unbranched alkanes of at least 4 members (excludes halogenated alkanes) is 2. The average molecular weight is 338 g/mol. The Kier molecular flexibility index (Phi) is 9.08. The molecule has 2 heteroatoms. The predicted octanol–water partition coefficient (Wildman–Crippen LogP) is 6.13. The summed E-state index contributed by atoms with van der Waals surface area (Å²) in [6, 6.07) is 11.0. The second-order valence-corrected chi connectivity index (χ2v) is 6.99. The maximum atomic E-state index is 8.47. The van der Waals surface area contributed by atoms with Crippen LogP contribution >= 0.6 is 0 Å². The van der Waals surface area contributed by atoms with Crippen molar-refractivity contribution in [3.8, 4) is 6.07 Å². The molecule has 0 unspecified atom stereocenters. The van der Waals surface area contributed by atoms with Gasteiger partial charge in [0, 0.05) is 6.08 Å². The summed E-state index contributed by atoms with van der Waals surface area (Å²) in [6.45, 7) is 2.97. The number of hydrogen-bond acceptors (Lipinski definition) is 2. The van der Waals surface area contributed by atoms with Gasteiger partial charge in [-0.25, -0.2) is 0 Å². The molecule has 0 N–H and O–H groups in total. The maximum absolute atomic E-state index is 8.47. The van der Waals surface area contributed by atoms with Crippen LogP contribution in [0.2, 0.25) is 0 Å². The fourth-order valence-corrected chi connectivity index (χ4v) is 3.36. The summed E-state index contributed by atoms with van der Waals surface area (Å²) in [6.07, 6.45) is 17.6. The van der Waals surface area contributed by atoms with Crippen LogP contribution in [0.4, 0.5) is 0 Å². The van der Waals surface area contributed by atoms with Crippen molar-refractivity contribution < 1.29 is 4.74 Å². The minimum atomic E-state index is 0.392. The molecule has 1 fully saturated rings. The summed E-state index contributed by atoms with van der Waals surface area (Å²) in [7, 11) is 0. The molecule has 2 rings (SSSR count). The first-order chi connectivity index (χ1) is 12.3. The highest BCUT2D eigenvalue weighted by molar-refractivity contribution is 5.22. The van der Waals surface area contributed by atoms with E-state index >= 15 is 0 Å². The Morgan fingerprint density at radius 2 is 1.76 bits per heavy atom. The first-order valence-electron chi connectivity index (χ1n) is 9.74. The highest BCUT2D eigenvalue weighted by atomic mass is 16.5. The molecule has 0 radical (unpaired) electrons. The number of ether oxygens (including phenoxy) is 1. The monoisotopic (exact) mass is 337 g/mol. The van der Waals surface area contributed by atoms with Crippen molar-refractivity contribution in [3.63, 3.8) is 0 Å². The molecule has 0 spiro atoms. The van der Waals surface area contributed by atoms with E-state index in [4.69, 9.17) is 10.00 Å². The quantitative estimate of drug-likeness (QED) is 0.308. The van der Waals surface area contributed by atoms with Crippen molar-refractivity contribution >= 4 is 0 Å². The molecule has 0 aromatic heterocycles. The van der Waals surface area contributed by atoms with Gasteiger partial charge in [-0.3, -0.25) is 0 Å². The number of nitriles is 1. The van der Waals surface area contributed by atoms with Gasteiger partial charge in [0.1, 0.15) is 0 Å². The number of allylic oxidation sites excluding steroid dienone is 4. The van der Waals surface area contributed by atoms with Crippen molar-refractivity contribution in [1.82, 2.24) is 0 Å². The molecule has 134 valence electrons. The molecule has 0 aliphatic heterocycles. The summed E-state index contributed by atoms with van der Waals surface area (Å²) in [5.41, 5.74) is 2.72. The first kappa shape index (κ1) is 19.5. The van der Waals surface area contributed by atoms with E-state index in [9.17, 15) is 0 Å². The molecule has 2 nitrogen and oxygen atoms in total. The van der Waals surface area contributed by atoms with Crippen molar-refractivity contribution in [3.05, 3.63) is 59.7 Å². The van der Waals surface area contributed by atoms with Gasteiger partial charge in [0.15, 0.2) is 0 Å². The molecule has 0 atom stereocenters. The Balaban J connectivity index is 1.66. The van der Waals surface area contributed by atoms with Gasteiger partial charge in [-0.15, -0.1) is 0 Å². The molecule has 1 aliphatic carbocycles. The second kappa shape index (κ2) is 11.7. The van der Waals surface area contributed by atoms with Gasteiger partial charge in [0.05, 0.1) is 18.8 Å². The van der Waals surface area contributed by atoms with Crippen LogP contribution in [0.3, 0.4) is 0 Å². The summed E-state index contributed by atoms with van der Waals surface area (Å²) in [5.74, 6) is 0.630. The van der Waals surface area contributed by atoms with Gasteiger partial charge >= 0.3 is 0 Å². The zero-order chi connectivity index (χ0) is 17.7. The van der Waals surface area contributed by atoms with E-state index in [2.05, 4.69) is 37.3 Å². The van der Waals surface area contributed by atoms with Crippen molar-refractivity contribution in [2.45, 2.75) is 71.0 Å². The highest BCUT2D eigenvalue weighted by Gasteiger charge is 2.19. The maximum Gasteiger partial charge on any atom is 0.0912 e. The van der Waals surface area contributed by atoms with Crippen LogP contribution in [0, 0.1) is 17.2 Å². The summed E-state index contributed by atoms with van der Waals surface area (Å²) in [5, 5.41) is 8.47. The van der Waals surface area contributed by atoms with E-state index in [-0.39, 0.29) is 0 Å². The van der Waals surface area contributed by atoms with Crippen LogP contribution < -0.4 is 0 Å². The molecule has 0 heterocycles. The molecule has 0 bridgehead atoms. The van der Waals surface area contributed by atoms with Crippen LogP contribution in [0.1, 0.15) is 63.0 Å². The molecule has 25 heavy (non-hydrogen) atoms. The van der Waals surface area contributed by atoms with Gasteiger partial charge in [0.2, 0.25) is 0 Å². The lowest BCUT2D eigenvalue weighted by Gasteiger charge is -2.26. The smallest absolute Gasteiger partial charge is 0.0912 e. The van der Waals surface area contributed by atoms with Gasteiger partial charge in [0.25, 0.3) is 0 Å². The van der Waals surface area contributed by atoms with E-state index in [1.54, 1.807) is 0 Å². The zero-order valence-electron chi connectivity index (χ0n) is 15.5. The minimum absolute atomic E-state index is 0.392. The second-order valence-electron chi connectivity index (χ2n) is 6.99. The Labute approximate surface area is 153 Å². The fraction of sp³-hybridized carbons (Fsp3) is 0.522. The highest BCUT2D eigenvalue weighted by Crippen LogP contribution is 2.27. The number of rotatable bonds is 9.